The Morgan fingerprint density at radius 3 is 2.11 bits per heavy atom. The van der Waals surface area contributed by atoms with E-state index in [0.717, 1.165) is 18.2 Å². The molecule has 0 aliphatic heterocycles. The number of phenolic OH excluding ortho intramolecular Hbond substituents is 1. The molecule has 0 spiro atoms. The van der Waals surface area contributed by atoms with Crippen LogP contribution in [0.4, 0.5) is 22.0 Å². The Labute approximate surface area is 110 Å². The Balaban J connectivity index is 0.00000289. The molecule has 0 radical (unpaired) electrons. The summed E-state index contributed by atoms with van der Waals surface area (Å²) in [7, 11) is 0. The van der Waals surface area contributed by atoms with Gasteiger partial charge in [-0.3, -0.25) is 0 Å². The van der Waals surface area contributed by atoms with Crippen molar-refractivity contribution in [3.05, 3.63) is 28.8 Å². The molecule has 9 heteroatoms. The van der Waals surface area contributed by atoms with Gasteiger partial charge in [0.15, 0.2) is 0 Å². The standard InChI is InChI=1S/C9H7ClF5NO.ClH/c10-5-3-1-2-4(6(5)17)7(16)8(11,12)9(13,14)15;/h1-3,7,17H,16H2;1H/t7-;/m0./s1. The van der Waals surface area contributed by atoms with Crippen LogP contribution in [0.3, 0.4) is 0 Å². The van der Waals surface area contributed by atoms with Crippen molar-refractivity contribution in [1.82, 2.24) is 0 Å². The molecule has 0 fully saturated rings. The molecule has 18 heavy (non-hydrogen) atoms. The van der Waals surface area contributed by atoms with Gasteiger partial charge in [0, 0.05) is 5.56 Å². The maximum absolute atomic E-state index is 12.9. The molecule has 1 aromatic carbocycles. The van der Waals surface area contributed by atoms with Crippen LogP contribution in [0.25, 0.3) is 0 Å². The highest BCUT2D eigenvalue weighted by Crippen LogP contribution is 2.45. The molecular formula is C9H8Cl2F5NO. The fraction of sp³-hybridized carbons (Fsp3) is 0.333. The molecule has 0 amide bonds. The average molecular weight is 312 g/mol. The first-order valence-electron chi connectivity index (χ1n) is 4.26. The Hall–Kier alpha value is -0.790. The zero-order valence-electron chi connectivity index (χ0n) is 8.51. The molecule has 1 aromatic rings. The lowest BCUT2D eigenvalue weighted by Gasteiger charge is -2.26. The molecule has 0 bridgehead atoms. The molecule has 0 aromatic heterocycles. The molecule has 1 rings (SSSR count). The van der Waals surface area contributed by atoms with Gasteiger partial charge in [0.2, 0.25) is 0 Å². The second-order valence-electron chi connectivity index (χ2n) is 3.28. The topological polar surface area (TPSA) is 46.2 Å². The first-order valence-corrected chi connectivity index (χ1v) is 4.64. The summed E-state index contributed by atoms with van der Waals surface area (Å²) in [6.45, 7) is 0. The number of para-hydroxylation sites is 1. The van der Waals surface area contributed by atoms with Crippen molar-refractivity contribution in [2.45, 2.75) is 18.1 Å². The van der Waals surface area contributed by atoms with Crippen LogP contribution in [0.1, 0.15) is 11.6 Å². The van der Waals surface area contributed by atoms with Crippen LogP contribution in [0.5, 0.6) is 5.75 Å². The van der Waals surface area contributed by atoms with Gasteiger partial charge in [0.05, 0.1) is 5.02 Å². The van der Waals surface area contributed by atoms with E-state index in [-0.39, 0.29) is 17.4 Å². The molecule has 0 heterocycles. The number of hydrogen-bond donors (Lipinski definition) is 2. The Morgan fingerprint density at radius 1 is 1.17 bits per heavy atom. The lowest BCUT2D eigenvalue weighted by Crippen LogP contribution is -2.45. The number of phenols is 1. The van der Waals surface area contributed by atoms with Crippen molar-refractivity contribution in [2.75, 3.05) is 0 Å². The van der Waals surface area contributed by atoms with Crippen LogP contribution >= 0.6 is 24.0 Å². The molecular weight excluding hydrogens is 304 g/mol. The normalized spacial score (nSPS) is 13.9. The van der Waals surface area contributed by atoms with Gasteiger partial charge in [-0.15, -0.1) is 12.4 Å². The van der Waals surface area contributed by atoms with E-state index in [9.17, 15) is 27.1 Å². The molecule has 3 N–H and O–H groups in total. The molecule has 0 unspecified atom stereocenters. The fourth-order valence-corrected chi connectivity index (χ4v) is 1.34. The number of rotatable bonds is 2. The van der Waals surface area contributed by atoms with Crippen molar-refractivity contribution in [2.24, 2.45) is 5.73 Å². The average Bonchev–Trinajstić information content (AvgIpc) is 2.19. The second kappa shape index (κ2) is 5.46. The summed E-state index contributed by atoms with van der Waals surface area (Å²) in [5, 5.41) is 8.93. The molecule has 0 saturated carbocycles. The van der Waals surface area contributed by atoms with Gasteiger partial charge in [0.1, 0.15) is 11.8 Å². The minimum atomic E-state index is -5.80. The van der Waals surface area contributed by atoms with E-state index in [0.29, 0.717) is 0 Å². The predicted molar refractivity (Wildman–Crippen MR) is 58.3 cm³/mol. The first-order chi connectivity index (χ1) is 7.59. The number of aromatic hydroxyl groups is 1. The number of alkyl halides is 5. The van der Waals surface area contributed by atoms with E-state index in [2.05, 4.69) is 0 Å². The smallest absolute Gasteiger partial charge is 0.455 e. The van der Waals surface area contributed by atoms with Crippen LogP contribution < -0.4 is 5.73 Å². The lowest BCUT2D eigenvalue weighted by atomic mass is 10.00. The van der Waals surface area contributed by atoms with Gasteiger partial charge >= 0.3 is 12.1 Å². The minimum absolute atomic E-state index is 0. The third-order valence-electron chi connectivity index (χ3n) is 2.12. The van der Waals surface area contributed by atoms with Crippen LogP contribution in [-0.2, 0) is 0 Å². The highest BCUT2D eigenvalue weighted by molar-refractivity contribution is 6.32. The van der Waals surface area contributed by atoms with Crippen molar-refractivity contribution in [3.8, 4) is 5.75 Å². The van der Waals surface area contributed by atoms with Crippen molar-refractivity contribution in [1.29, 1.82) is 0 Å². The maximum atomic E-state index is 12.9. The quantitative estimate of drug-likeness (QED) is 0.819. The van der Waals surface area contributed by atoms with Gasteiger partial charge in [0.25, 0.3) is 0 Å². The summed E-state index contributed by atoms with van der Waals surface area (Å²) < 4.78 is 62.0. The van der Waals surface area contributed by atoms with Crippen LogP contribution in [0.15, 0.2) is 18.2 Å². The van der Waals surface area contributed by atoms with Gasteiger partial charge in [-0.05, 0) is 6.07 Å². The van der Waals surface area contributed by atoms with Gasteiger partial charge in [-0.25, -0.2) is 0 Å². The monoisotopic (exact) mass is 311 g/mol. The second-order valence-corrected chi connectivity index (χ2v) is 3.68. The largest absolute Gasteiger partial charge is 0.506 e. The predicted octanol–water partition coefficient (Wildman–Crippen LogP) is 3.66. The SMILES string of the molecule is Cl.N[C@@H](c1cccc(Cl)c1O)C(F)(F)C(F)(F)F. The molecule has 104 valence electrons. The first kappa shape index (κ1) is 17.2. The summed E-state index contributed by atoms with van der Waals surface area (Å²) in [5.41, 5.74) is 4.08. The molecule has 0 aliphatic carbocycles. The van der Waals surface area contributed by atoms with E-state index < -0.39 is 29.5 Å². The van der Waals surface area contributed by atoms with Gasteiger partial charge in [-0.2, -0.15) is 22.0 Å². The van der Waals surface area contributed by atoms with Crippen molar-refractivity contribution < 1.29 is 27.1 Å². The van der Waals surface area contributed by atoms with Crippen LogP contribution in [0, 0.1) is 0 Å². The molecule has 0 saturated heterocycles. The zero-order chi connectivity index (χ0) is 13.4. The summed E-state index contributed by atoms with van der Waals surface area (Å²) in [4.78, 5) is 0. The lowest BCUT2D eigenvalue weighted by molar-refractivity contribution is -0.291. The van der Waals surface area contributed by atoms with Gasteiger partial charge in [-0.1, -0.05) is 23.7 Å². The Kier molecular flexibility index (Phi) is 5.22. The number of benzene rings is 1. The highest BCUT2D eigenvalue weighted by Gasteiger charge is 2.62. The maximum Gasteiger partial charge on any atom is 0.455 e. The fourth-order valence-electron chi connectivity index (χ4n) is 1.15. The summed E-state index contributed by atoms with van der Waals surface area (Å²) in [6.07, 6.45) is -5.80. The molecule has 0 aliphatic rings. The summed E-state index contributed by atoms with van der Waals surface area (Å²) in [5.74, 6) is -6.04. The third-order valence-corrected chi connectivity index (χ3v) is 2.43. The Bertz CT molecular complexity index is 424. The van der Waals surface area contributed by atoms with E-state index >= 15 is 0 Å². The van der Waals surface area contributed by atoms with E-state index in [4.69, 9.17) is 17.3 Å². The molecule has 2 nitrogen and oxygen atoms in total. The highest BCUT2D eigenvalue weighted by atomic mass is 35.5. The van der Waals surface area contributed by atoms with E-state index in [1.807, 2.05) is 0 Å². The zero-order valence-corrected chi connectivity index (χ0v) is 10.1. The van der Waals surface area contributed by atoms with E-state index in [1.165, 1.54) is 0 Å². The van der Waals surface area contributed by atoms with Crippen LogP contribution in [-0.4, -0.2) is 17.2 Å². The van der Waals surface area contributed by atoms with E-state index in [1.54, 1.807) is 0 Å². The summed E-state index contributed by atoms with van der Waals surface area (Å²) >= 11 is 5.39. The summed E-state index contributed by atoms with van der Waals surface area (Å²) in [6, 6.07) is 0.384. The third kappa shape index (κ3) is 2.96. The number of hydrogen-bond acceptors (Lipinski definition) is 2. The minimum Gasteiger partial charge on any atom is -0.506 e. The van der Waals surface area contributed by atoms with Gasteiger partial charge < -0.3 is 10.8 Å². The number of halogens is 7. The van der Waals surface area contributed by atoms with Crippen LogP contribution in [0.2, 0.25) is 5.02 Å². The van der Waals surface area contributed by atoms with Crippen molar-refractivity contribution >= 4 is 24.0 Å². The number of nitrogens with two attached hydrogens (primary N) is 1. The Morgan fingerprint density at radius 2 is 1.67 bits per heavy atom. The van der Waals surface area contributed by atoms with Crippen molar-refractivity contribution in [3.63, 3.8) is 0 Å². The molecule has 1 atom stereocenters.